The van der Waals surface area contributed by atoms with Gasteiger partial charge >= 0.3 is 0 Å². The number of likely N-dealkylation sites (N-methyl/N-ethyl adjacent to an activating group) is 1. The van der Waals surface area contributed by atoms with Crippen LogP contribution in [0.5, 0.6) is 5.75 Å². The van der Waals surface area contributed by atoms with E-state index >= 15 is 0 Å². The van der Waals surface area contributed by atoms with Crippen LogP contribution in [-0.2, 0) is 11.2 Å². The summed E-state index contributed by atoms with van der Waals surface area (Å²) in [5.41, 5.74) is 1.26. The molecule has 0 heterocycles. The number of carbonyl (C=O) groups excluding carboxylic acids is 1. The van der Waals surface area contributed by atoms with Crippen LogP contribution in [0, 0.1) is 17.8 Å². The van der Waals surface area contributed by atoms with Crippen molar-refractivity contribution in [1.29, 1.82) is 0 Å². The van der Waals surface area contributed by atoms with Crippen molar-refractivity contribution in [2.45, 2.75) is 58.0 Å². The lowest BCUT2D eigenvalue weighted by Crippen LogP contribution is -2.46. The van der Waals surface area contributed by atoms with Gasteiger partial charge in [-0.1, -0.05) is 18.6 Å². The van der Waals surface area contributed by atoms with E-state index in [4.69, 9.17) is 4.74 Å². The fraction of sp³-hybridized carbons (Fsp3) is 0.682. The highest BCUT2D eigenvalue weighted by atomic mass is 16.5. The monoisotopic (exact) mass is 358 g/mol. The maximum absolute atomic E-state index is 12.5. The fourth-order valence-electron chi connectivity index (χ4n) is 4.95. The number of nitrogens with one attached hydrogen (secondary N) is 1. The third-order valence-electron chi connectivity index (χ3n) is 6.66. The van der Waals surface area contributed by atoms with Crippen LogP contribution in [0.15, 0.2) is 24.3 Å². The van der Waals surface area contributed by atoms with Crippen LogP contribution in [0.1, 0.15) is 45.1 Å². The van der Waals surface area contributed by atoms with Gasteiger partial charge in [0, 0.05) is 12.1 Å². The molecule has 5 unspecified atom stereocenters. The van der Waals surface area contributed by atoms with E-state index in [9.17, 15) is 4.79 Å². The Kier molecular flexibility index (Phi) is 6.23. The third-order valence-corrected chi connectivity index (χ3v) is 6.66. The van der Waals surface area contributed by atoms with E-state index in [2.05, 4.69) is 36.2 Å². The average Bonchev–Trinajstić information content (AvgIpc) is 3.25. The molecule has 3 rings (SSSR count). The molecule has 2 aliphatic rings. The molecule has 2 bridgehead atoms. The van der Waals surface area contributed by atoms with Crippen molar-refractivity contribution >= 4 is 5.91 Å². The van der Waals surface area contributed by atoms with Gasteiger partial charge in [0.2, 0.25) is 5.91 Å². The number of ether oxygens (including phenoxy) is 1. The molecule has 2 saturated carbocycles. The first-order valence-corrected chi connectivity index (χ1v) is 10.1. The van der Waals surface area contributed by atoms with Gasteiger partial charge in [0.1, 0.15) is 5.75 Å². The zero-order valence-electron chi connectivity index (χ0n) is 16.7. The number of amides is 1. The number of carbonyl (C=O) groups is 1. The van der Waals surface area contributed by atoms with E-state index in [1.807, 2.05) is 19.2 Å². The Labute approximate surface area is 158 Å². The zero-order chi connectivity index (χ0) is 18.7. The minimum absolute atomic E-state index is 0.157. The molecule has 4 heteroatoms. The third kappa shape index (κ3) is 4.59. The van der Waals surface area contributed by atoms with E-state index in [-0.39, 0.29) is 5.91 Å². The Morgan fingerprint density at radius 3 is 2.54 bits per heavy atom. The molecule has 1 amide bonds. The molecule has 0 aromatic heterocycles. The molecule has 2 fully saturated rings. The summed E-state index contributed by atoms with van der Waals surface area (Å²) in [4.78, 5) is 14.6. The fourth-order valence-corrected chi connectivity index (χ4v) is 4.95. The number of rotatable bonds is 8. The molecule has 1 aromatic carbocycles. The molecular formula is C22H34N2O2. The van der Waals surface area contributed by atoms with E-state index in [0.717, 1.165) is 24.0 Å². The molecule has 5 atom stereocenters. The maximum Gasteiger partial charge on any atom is 0.234 e. The molecule has 4 nitrogen and oxygen atoms in total. The summed E-state index contributed by atoms with van der Waals surface area (Å²) in [6.45, 7) is 4.84. The Bertz CT molecular complexity index is 601. The zero-order valence-corrected chi connectivity index (χ0v) is 16.7. The second-order valence-corrected chi connectivity index (χ2v) is 8.51. The molecule has 1 aromatic rings. The Morgan fingerprint density at radius 2 is 1.96 bits per heavy atom. The molecule has 0 aliphatic heterocycles. The minimum atomic E-state index is 0.157. The summed E-state index contributed by atoms with van der Waals surface area (Å²) in [5.74, 6) is 3.51. The molecule has 26 heavy (non-hydrogen) atoms. The van der Waals surface area contributed by atoms with Crippen LogP contribution in [0.25, 0.3) is 0 Å². The summed E-state index contributed by atoms with van der Waals surface area (Å²) >= 11 is 0. The lowest BCUT2D eigenvalue weighted by atomic mass is 9.84. The standard InChI is InChI=1S/C22H34N2O2/c1-15(11-17-6-9-20(26-4)10-7-17)24(3)14-22(25)23-16(2)21-13-18-5-8-19(21)12-18/h6-7,9-10,15-16,18-19,21H,5,8,11-14H2,1-4H3,(H,23,25). The molecule has 0 spiro atoms. The van der Waals surface area contributed by atoms with Gasteiger partial charge in [-0.3, -0.25) is 9.69 Å². The van der Waals surface area contributed by atoms with Crippen LogP contribution < -0.4 is 10.1 Å². The van der Waals surface area contributed by atoms with Gasteiger partial charge in [-0.15, -0.1) is 0 Å². The van der Waals surface area contributed by atoms with Crippen LogP contribution in [-0.4, -0.2) is 43.6 Å². The quantitative estimate of drug-likeness (QED) is 0.773. The van der Waals surface area contributed by atoms with Crippen LogP contribution in [0.2, 0.25) is 0 Å². The summed E-state index contributed by atoms with van der Waals surface area (Å²) in [6, 6.07) is 8.80. The van der Waals surface area contributed by atoms with Crippen molar-refractivity contribution in [3.05, 3.63) is 29.8 Å². The highest BCUT2D eigenvalue weighted by molar-refractivity contribution is 5.78. The van der Waals surface area contributed by atoms with E-state index in [0.29, 0.717) is 24.5 Å². The first-order chi connectivity index (χ1) is 12.5. The van der Waals surface area contributed by atoms with Crippen molar-refractivity contribution in [2.24, 2.45) is 17.8 Å². The van der Waals surface area contributed by atoms with Gasteiger partial charge in [0.15, 0.2) is 0 Å². The Balaban J connectivity index is 1.43. The van der Waals surface area contributed by atoms with Gasteiger partial charge in [0.25, 0.3) is 0 Å². The first kappa shape index (κ1) is 19.2. The summed E-state index contributed by atoms with van der Waals surface area (Å²) in [6.07, 6.45) is 6.41. The van der Waals surface area contributed by atoms with Crippen molar-refractivity contribution in [3.8, 4) is 5.75 Å². The van der Waals surface area contributed by atoms with Crippen LogP contribution >= 0.6 is 0 Å². The second-order valence-electron chi connectivity index (χ2n) is 8.51. The Hall–Kier alpha value is -1.55. The van der Waals surface area contributed by atoms with E-state index < -0.39 is 0 Å². The van der Waals surface area contributed by atoms with Crippen molar-refractivity contribution in [1.82, 2.24) is 10.2 Å². The summed E-state index contributed by atoms with van der Waals surface area (Å²) < 4.78 is 5.21. The van der Waals surface area contributed by atoms with Gasteiger partial charge in [-0.25, -0.2) is 0 Å². The van der Waals surface area contributed by atoms with E-state index in [1.54, 1.807) is 7.11 Å². The highest BCUT2D eigenvalue weighted by Crippen LogP contribution is 2.49. The van der Waals surface area contributed by atoms with Gasteiger partial charge in [-0.05, 0) is 82.0 Å². The minimum Gasteiger partial charge on any atom is -0.497 e. The molecule has 2 aliphatic carbocycles. The molecular weight excluding hydrogens is 324 g/mol. The lowest BCUT2D eigenvalue weighted by molar-refractivity contribution is -0.123. The number of fused-ring (bicyclic) bond motifs is 2. The second kappa shape index (κ2) is 8.43. The number of nitrogens with zero attached hydrogens (tertiary/aromatic N) is 1. The number of methoxy groups -OCH3 is 1. The number of benzene rings is 1. The normalized spacial score (nSPS) is 26.7. The van der Waals surface area contributed by atoms with Gasteiger partial charge < -0.3 is 10.1 Å². The largest absolute Gasteiger partial charge is 0.497 e. The smallest absolute Gasteiger partial charge is 0.234 e. The summed E-state index contributed by atoms with van der Waals surface area (Å²) in [7, 11) is 3.72. The SMILES string of the molecule is COc1ccc(CC(C)N(C)CC(=O)NC(C)C2CC3CCC2C3)cc1. The highest BCUT2D eigenvalue weighted by Gasteiger charge is 2.42. The molecule has 0 saturated heterocycles. The number of hydrogen-bond acceptors (Lipinski definition) is 3. The van der Waals surface area contributed by atoms with Crippen molar-refractivity contribution in [3.63, 3.8) is 0 Å². The predicted molar refractivity (Wildman–Crippen MR) is 105 cm³/mol. The van der Waals surface area contributed by atoms with E-state index in [1.165, 1.54) is 31.2 Å². The van der Waals surface area contributed by atoms with Crippen LogP contribution in [0.3, 0.4) is 0 Å². The predicted octanol–water partition coefficient (Wildman–Crippen LogP) is 3.50. The lowest BCUT2D eigenvalue weighted by Gasteiger charge is -2.30. The van der Waals surface area contributed by atoms with Crippen molar-refractivity contribution in [2.75, 3.05) is 20.7 Å². The van der Waals surface area contributed by atoms with Crippen LogP contribution in [0.4, 0.5) is 0 Å². The summed E-state index contributed by atoms with van der Waals surface area (Å²) in [5, 5.41) is 3.27. The average molecular weight is 359 g/mol. The molecule has 0 radical (unpaired) electrons. The van der Waals surface area contributed by atoms with Gasteiger partial charge in [-0.2, -0.15) is 0 Å². The Morgan fingerprint density at radius 1 is 1.23 bits per heavy atom. The van der Waals surface area contributed by atoms with Crippen molar-refractivity contribution < 1.29 is 9.53 Å². The van der Waals surface area contributed by atoms with Gasteiger partial charge in [0.05, 0.1) is 13.7 Å². The first-order valence-electron chi connectivity index (χ1n) is 10.1. The maximum atomic E-state index is 12.5. The molecule has 144 valence electrons. The molecule has 1 N–H and O–H groups in total. The topological polar surface area (TPSA) is 41.6 Å². The number of hydrogen-bond donors (Lipinski definition) is 1.